The molecule has 2 aromatic rings. The van der Waals surface area contributed by atoms with Crippen LogP contribution in [0.3, 0.4) is 0 Å². The highest BCUT2D eigenvalue weighted by Gasteiger charge is 2.08. The van der Waals surface area contributed by atoms with Gasteiger partial charge in [-0.2, -0.15) is 0 Å². The number of benzene rings is 1. The molecule has 0 radical (unpaired) electrons. The molecule has 0 atom stereocenters. The van der Waals surface area contributed by atoms with Gasteiger partial charge in [-0.1, -0.05) is 29.0 Å². The molecule has 15 heavy (non-hydrogen) atoms. The average Bonchev–Trinajstić information content (AvgIpc) is 2.66. The van der Waals surface area contributed by atoms with Crippen LogP contribution in [0.1, 0.15) is 0 Å². The molecule has 0 fully saturated rings. The number of ether oxygens (including phenoxy) is 1. The van der Waals surface area contributed by atoms with Gasteiger partial charge in [0.15, 0.2) is 3.92 Å². The van der Waals surface area contributed by atoms with Gasteiger partial charge in [-0.05, 0) is 28.1 Å². The van der Waals surface area contributed by atoms with Crippen molar-refractivity contribution in [3.05, 3.63) is 27.1 Å². The summed E-state index contributed by atoms with van der Waals surface area (Å²) in [5.74, 6) is 0.639. The highest BCUT2D eigenvalue weighted by Crippen LogP contribution is 2.32. The first-order valence-corrected chi connectivity index (χ1v) is 6.02. The van der Waals surface area contributed by atoms with Crippen LogP contribution in [0.5, 0.6) is 5.75 Å². The number of hydrogen-bond acceptors (Lipinski definition) is 4. The molecule has 0 unspecified atom stereocenters. The second-order valence-corrected chi connectivity index (χ2v) is 5.37. The van der Waals surface area contributed by atoms with E-state index in [2.05, 4.69) is 26.1 Å². The van der Waals surface area contributed by atoms with E-state index >= 15 is 0 Å². The van der Waals surface area contributed by atoms with Crippen LogP contribution in [-0.4, -0.2) is 17.3 Å². The zero-order valence-corrected chi connectivity index (χ0v) is 10.9. The summed E-state index contributed by atoms with van der Waals surface area (Å²) in [4.78, 5) is 0. The van der Waals surface area contributed by atoms with Crippen LogP contribution in [0.25, 0.3) is 10.6 Å². The Bertz CT molecular complexity index is 489. The maximum atomic E-state index is 5.92. The smallest absolute Gasteiger partial charge is 0.183 e. The number of rotatable bonds is 2. The van der Waals surface area contributed by atoms with Gasteiger partial charge in [-0.3, -0.25) is 0 Å². The van der Waals surface area contributed by atoms with Crippen molar-refractivity contribution < 1.29 is 4.74 Å². The van der Waals surface area contributed by atoms with Crippen molar-refractivity contribution in [3.63, 3.8) is 0 Å². The SMILES string of the molecule is COc1cc(-c2nnc(Br)s2)ccc1Cl. The maximum Gasteiger partial charge on any atom is 0.183 e. The molecule has 0 saturated heterocycles. The molecule has 0 aliphatic rings. The fourth-order valence-corrected chi connectivity index (χ4v) is 2.42. The maximum absolute atomic E-state index is 5.92. The van der Waals surface area contributed by atoms with Gasteiger partial charge in [-0.25, -0.2) is 0 Å². The monoisotopic (exact) mass is 304 g/mol. The molecule has 0 bridgehead atoms. The first-order chi connectivity index (χ1) is 7.20. The number of aromatic nitrogens is 2. The summed E-state index contributed by atoms with van der Waals surface area (Å²) >= 11 is 10.7. The molecule has 2 rings (SSSR count). The lowest BCUT2D eigenvalue weighted by molar-refractivity contribution is 0.415. The molecule has 0 spiro atoms. The van der Waals surface area contributed by atoms with E-state index in [9.17, 15) is 0 Å². The normalized spacial score (nSPS) is 10.3. The van der Waals surface area contributed by atoms with Gasteiger partial charge in [0, 0.05) is 5.56 Å². The van der Waals surface area contributed by atoms with E-state index in [1.807, 2.05) is 12.1 Å². The molecule has 1 aromatic heterocycles. The van der Waals surface area contributed by atoms with E-state index in [4.69, 9.17) is 16.3 Å². The molecule has 78 valence electrons. The average molecular weight is 306 g/mol. The highest BCUT2D eigenvalue weighted by atomic mass is 79.9. The third kappa shape index (κ3) is 2.30. The standard InChI is InChI=1S/C9H6BrClN2OS/c1-14-7-4-5(2-3-6(7)11)8-12-13-9(10)15-8/h2-4H,1H3. The fraction of sp³-hybridized carbons (Fsp3) is 0.111. The van der Waals surface area contributed by atoms with E-state index in [0.29, 0.717) is 10.8 Å². The molecule has 6 heteroatoms. The minimum Gasteiger partial charge on any atom is -0.495 e. The van der Waals surface area contributed by atoms with Crippen LogP contribution in [0.4, 0.5) is 0 Å². The van der Waals surface area contributed by atoms with E-state index in [1.54, 1.807) is 13.2 Å². The van der Waals surface area contributed by atoms with Crippen molar-refractivity contribution in [2.75, 3.05) is 7.11 Å². The molecule has 0 aliphatic heterocycles. The molecule has 0 aliphatic carbocycles. The highest BCUT2D eigenvalue weighted by molar-refractivity contribution is 9.11. The first kappa shape index (κ1) is 10.9. The zero-order valence-electron chi connectivity index (χ0n) is 7.70. The van der Waals surface area contributed by atoms with E-state index in [-0.39, 0.29) is 0 Å². The van der Waals surface area contributed by atoms with Gasteiger partial charge in [0.25, 0.3) is 0 Å². The number of methoxy groups -OCH3 is 1. The lowest BCUT2D eigenvalue weighted by Crippen LogP contribution is -1.85. The molecule has 0 saturated carbocycles. The van der Waals surface area contributed by atoms with Crippen molar-refractivity contribution in [1.82, 2.24) is 10.2 Å². The van der Waals surface area contributed by atoms with E-state index in [0.717, 1.165) is 14.5 Å². The second-order valence-electron chi connectivity index (χ2n) is 2.71. The van der Waals surface area contributed by atoms with Crippen molar-refractivity contribution >= 4 is 38.9 Å². The molecule has 0 N–H and O–H groups in total. The summed E-state index contributed by atoms with van der Waals surface area (Å²) in [6, 6.07) is 5.51. The lowest BCUT2D eigenvalue weighted by atomic mass is 10.2. The fourth-order valence-electron chi connectivity index (χ4n) is 1.11. The minimum absolute atomic E-state index is 0.588. The number of halogens is 2. The number of hydrogen-bond donors (Lipinski definition) is 0. The Kier molecular flexibility index (Phi) is 3.23. The summed E-state index contributed by atoms with van der Waals surface area (Å²) in [5.41, 5.74) is 0.944. The molecular weight excluding hydrogens is 300 g/mol. The lowest BCUT2D eigenvalue weighted by Gasteiger charge is -2.03. The van der Waals surface area contributed by atoms with E-state index in [1.165, 1.54) is 11.3 Å². The van der Waals surface area contributed by atoms with Crippen LogP contribution in [-0.2, 0) is 0 Å². The zero-order chi connectivity index (χ0) is 10.8. The van der Waals surface area contributed by atoms with Crippen molar-refractivity contribution in [1.29, 1.82) is 0 Å². The van der Waals surface area contributed by atoms with Crippen LogP contribution in [0.15, 0.2) is 22.1 Å². The Labute approximate surface area is 104 Å². The summed E-state index contributed by atoms with van der Waals surface area (Å²) in [5, 5.41) is 9.31. The predicted octanol–water partition coefficient (Wildman–Crippen LogP) is 3.63. The quantitative estimate of drug-likeness (QED) is 0.850. The van der Waals surface area contributed by atoms with Gasteiger partial charge in [0.2, 0.25) is 0 Å². The third-order valence-electron chi connectivity index (χ3n) is 1.80. The van der Waals surface area contributed by atoms with Crippen molar-refractivity contribution in [3.8, 4) is 16.3 Å². The molecular formula is C9H6BrClN2OS. The van der Waals surface area contributed by atoms with Crippen LogP contribution >= 0.6 is 38.9 Å². The predicted molar refractivity (Wildman–Crippen MR) is 64.6 cm³/mol. The molecule has 1 aromatic carbocycles. The molecule has 3 nitrogen and oxygen atoms in total. The van der Waals surface area contributed by atoms with Crippen LogP contribution in [0, 0.1) is 0 Å². The Balaban J connectivity index is 2.45. The molecule has 0 amide bonds. The first-order valence-electron chi connectivity index (χ1n) is 4.03. The van der Waals surface area contributed by atoms with Gasteiger partial charge >= 0.3 is 0 Å². The third-order valence-corrected chi connectivity index (χ3v) is 3.52. The Morgan fingerprint density at radius 1 is 1.40 bits per heavy atom. The Morgan fingerprint density at radius 2 is 2.20 bits per heavy atom. The summed E-state index contributed by atoms with van der Waals surface area (Å²) in [7, 11) is 1.58. The largest absolute Gasteiger partial charge is 0.495 e. The summed E-state index contributed by atoms with van der Waals surface area (Å²) < 4.78 is 5.88. The summed E-state index contributed by atoms with van der Waals surface area (Å²) in [6.07, 6.45) is 0. The summed E-state index contributed by atoms with van der Waals surface area (Å²) in [6.45, 7) is 0. The van der Waals surface area contributed by atoms with Crippen molar-refractivity contribution in [2.24, 2.45) is 0 Å². The second kappa shape index (κ2) is 4.47. The van der Waals surface area contributed by atoms with Crippen molar-refractivity contribution in [2.45, 2.75) is 0 Å². The Hall–Kier alpha value is -0.650. The van der Waals surface area contributed by atoms with Gasteiger partial charge in [-0.15, -0.1) is 10.2 Å². The number of nitrogens with zero attached hydrogens (tertiary/aromatic N) is 2. The van der Waals surface area contributed by atoms with Gasteiger partial charge in [0.1, 0.15) is 10.8 Å². The topological polar surface area (TPSA) is 35.0 Å². The molecule has 1 heterocycles. The van der Waals surface area contributed by atoms with Crippen LogP contribution in [0.2, 0.25) is 5.02 Å². The minimum atomic E-state index is 0.588. The Morgan fingerprint density at radius 3 is 2.80 bits per heavy atom. The van der Waals surface area contributed by atoms with Gasteiger partial charge < -0.3 is 4.74 Å². The van der Waals surface area contributed by atoms with Gasteiger partial charge in [0.05, 0.1) is 12.1 Å². The van der Waals surface area contributed by atoms with E-state index < -0.39 is 0 Å². The van der Waals surface area contributed by atoms with Crippen LogP contribution < -0.4 is 4.74 Å².